The topological polar surface area (TPSA) is 125 Å². The van der Waals surface area contributed by atoms with E-state index in [1.807, 2.05) is 0 Å². The summed E-state index contributed by atoms with van der Waals surface area (Å²) in [5.74, 6) is -2.25. The largest absolute Gasteiger partial charge is 0.497 e. The van der Waals surface area contributed by atoms with E-state index in [0.29, 0.717) is 11.3 Å². The Balaban J connectivity index is 2.07. The number of sulfone groups is 1. The van der Waals surface area contributed by atoms with Crippen LogP contribution in [0.3, 0.4) is 0 Å². The highest BCUT2D eigenvalue weighted by Crippen LogP contribution is 2.39. The van der Waals surface area contributed by atoms with E-state index in [1.165, 1.54) is 50.6 Å². The molecule has 0 fully saturated rings. The Bertz CT molecular complexity index is 1270. The summed E-state index contributed by atoms with van der Waals surface area (Å²) in [5, 5.41) is 2.24. The van der Waals surface area contributed by atoms with Crippen LogP contribution in [0.25, 0.3) is 0 Å². The zero-order valence-electron chi connectivity index (χ0n) is 16.3. The number of thiophene rings is 1. The summed E-state index contributed by atoms with van der Waals surface area (Å²) in [6.07, 6.45) is 0. The van der Waals surface area contributed by atoms with E-state index in [4.69, 9.17) is 15.2 Å². The van der Waals surface area contributed by atoms with E-state index in [1.54, 1.807) is 0 Å². The van der Waals surface area contributed by atoms with E-state index in [0.717, 1.165) is 12.1 Å². The van der Waals surface area contributed by atoms with Crippen molar-refractivity contribution in [2.75, 3.05) is 19.5 Å². The summed E-state index contributed by atoms with van der Waals surface area (Å²) in [7, 11) is -1.49. The fourth-order valence-electron chi connectivity index (χ4n) is 2.69. The van der Waals surface area contributed by atoms with Crippen LogP contribution < -0.4 is 20.5 Å². The molecule has 0 aliphatic rings. The minimum atomic E-state index is -4.18. The SMILES string of the molecule is COc1ccc(OC)c(S(=O)(=O)c2cc(C(N)=O)c(NC(=O)c3ccccc3F)s2)c1. The van der Waals surface area contributed by atoms with Crippen LogP contribution in [-0.2, 0) is 9.84 Å². The molecule has 0 unspecified atom stereocenters. The van der Waals surface area contributed by atoms with Crippen molar-refractivity contribution < 1.29 is 31.9 Å². The van der Waals surface area contributed by atoms with Gasteiger partial charge in [0.15, 0.2) is 0 Å². The second-order valence-corrected chi connectivity index (χ2v) is 9.32. The summed E-state index contributed by atoms with van der Waals surface area (Å²) < 4.78 is 50.3. The average molecular weight is 464 g/mol. The van der Waals surface area contributed by atoms with Gasteiger partial charge in [0.05, 0.1) is 25.3 Å². The van der Waals surface area contributed by atoms with Crippen molar-refractivity contribution in [1.29, 1.82) is 0 Å². The average Bonchev–Trinajstić information content (AvgIpc) is 3.18. The molecule has 3 aromatic rings. The van der Waals surface area contributed by atoms with Crippen molar-refractivity contribution in [2.45, 2.75) is 9.10 Å². The molecule has 1 aromatic heterocycles. The van der Waals surface area contributed by atoms with Gasteiger partial charge in [-0.2, -0.15) is 0 Å². The van der Waals surface area contributed by atoms with Gasteiger partial charge >= 0.3 is 0 Å². The number of amides is 2. The predicted molar refractivity (Wildman–Crippen MR) is 112 cm³/mol. The maximum absolute atomic E-state index is 13.9. The highest BCUT2D eigenvalue weighted by atomic mass is 32.2. The molecule has 0 spiro atoms. The normalized spacial score (nSPS) is 11.1. The van der Waals surface area contributed by atoms with Crippen LogP contribution in [0.1, 0.15) is 20.7 Å². The molecule has 8 nitrogen and oxygen atoms in total. The standard InChI is InChI=1S/C20H17FN2O6S2/c1-28-11-7-8-15(29-2)16(9-11)31(26,27)17-10-13(18(22)24)20(30-17)23-19(25)12-5-3-4-6-14(12)21/h3-10H,1-2H3,(H2,22,24)(H,23,25). The Morgan fingerprint density at radius 1 is 1.03 bits per heavy atom. The molecule has 0 saturated heterocycles. The van der Waals surface area contributed by atoms with Gasteiger partial charge in [-0.05, 0) is 30.3 Å². The van der Waals surface area contributed by atoms with Crippen LogP contribution in [0.5, 0.6) is 11.5 Å². The van der Waals surface area contributed by atoms with Gasteiger partial charge in [0.1, 0.15) is 31.4 Å². The van der Waals surface area contributed by atoms with Gasteiger partial charge in [0, 0.05) is 6.07 Å². The molecule has 3 N–H and O–H groups in total. The summed E-state index contributed by atoms with van der Waals surface area (Å²) in [5.41, 5.74) is 4.86. The zero-order chi connectivity index (χ0) is 22.8. The van der Waals surface area contributed by atoms with Gasteiger partial charge in [-0.3, -0.25) is 9.59 Å². The molecule has 0 bridgehead atoms. The summed E-state index contributed by atoms with van der Waals surface area (Å²) in [6.45, 7) is 0. The first kappa shape index (κ1) is 22.2. The van der Waals surface area contributed by atoms with E-state index in [2.05, 4.69) is 5.32 Å². The highest BCUT2D eigenvalue weighted by Gasteiger charge is 2.29. The minimum Gasteiger partial charge on any atom is -0.497 e. The van der Waals surface area contributed by atoms with Crippen LogP contribution in [0.4, 0.5) is 9.39 Å². The number of rotatable bonds is 7. The predicted octanol–water partition coefficient (Wildman–Crippen LogP) is 3.09. The number of hydrogen-bond donors (Lipinski definition) is 2. The lowest BCUT2D eigenvalue weighted by Gasteiger charge is -2.10. The van der Waals surface area contributed by atoms with Crippen LogP contribution in [0, 0.1) is 5.82 Å². The molecule has 162 valence electrons. The summed E-state index contributed by atoms with van der Waals surface area (Å²) >= 11 is 0.612. The third-order valence-electron chi connectivity index (χ3n) is 4.25. The molecule has 0 saturated carbocycles. The monoisotopic (exact) mass is 464 g/mol. The molecule has 3 rings (SSSR count). The van der Waals surface area contributed by atoms with Gasteiger partial charge in [0.25, 0.3) is 11.8 Å². The van der Waals surface area contributed by atoms with E-state index < -0.39 is 27.5 Å². The van der Waals surface area contributed by atoms with Gasteiger partial charge in [-0.15, -0.1) is 11.3 Å². The molecule has 0 aliphatic heterocycles. The Morgan fingerprint density at radius 3 is 2.35 bits per heavy atom. The van der Waals surface area contributed by atoms with E-state index in [-0.39, 0.29) is 36.7 Å². The van der Waals surface area contributed by atoms with Gasteiger partial charge in [-0.1, -0.05) is 12.1 Å². The van der Waals surface area contributed by atoms with Gasteiger partial charge in [0.2, 0.25) is 9.84 Å². The number of primary amides is 1. The summed E-state index contributed by atoms with van der Waals surface area (Å²) in [6, 6.07) is 10.5. The third-order valence-corrected chi connectivity index (χ3v) is 7.54. The number of nitrogens with two attached hydrogens (primary N) is 1. The maximum Gasteiger partial charge on any atom is 0.259 e. The van der Waals surface area contributed by atoms with Crippen molar-refractivity contribution in [3.8, 4) is 11.5 Å². The lowest BCUT2D eigenvalue weighted by Crippen LogP contribution is -2.17. The molecular weight excluding hydrogens is 447 g/mol. The lowest BCUT2D eigenvalue weighted by molar-refractivity contribution is 0.100. The van der Waals surface area contributed by atoms with Crippen LogP contribution in [0.2, 0.25) is 0 Å². The third kappa shape index (κ3) is 4.37. The molecule has 0 atom stereocenters. The summed E-state index contributed by atoms with van der Waals surface area (Å²) in [4.78, 5) is 24.1. The lowest BCUT2D eigenvalue weighted by atomic mass is 10.2. The minimum absolute atomic E-state index is 0.0618. The van der Waals surface area contributed by atoms with Crippen LogP contribution in [-0.4, -0.2) is 34.5 Å². The first-order chi connectivity index (χ1) is 14.7. The molecule has 0 aliphatic carbocycles. The van der Waals surface area contributed by atoms with Crippen LogP contribution in [0.15, 0.2) is 57.6 Å². The van der Waals surface area contributed by atoms with Crippen molar-refractivity contribution in [1.82, 2.24) is 0 Å². The van der Waals surface area contributed by atoms with Crippen molar-refractivity contribution in [2.24, 2.45) is 5.73 Å². The number of ether oxygens (including phenoxy) is 2. The Kier molecular flexibility index (Phi) is 6.27. The molecular formula is C20H17FN2O6S2. The van der Waals surface area contributed by atoms with Crippen molar-refractivity contribution in [3.05, 3.63) is 65.5 Å². The first-order valence-corrected chi connectivity index (χ1v) is 11.0. The van der Waals surface area contributed by atoms with Crippen molar-refractivity contribution >= 4 is 38.0 Å². The number of methoxy groups -OCH3 is 2. The quantitative estimate of drug-likeness (QED) is 0.554. The molecule has 1 heterocycles. The van der Waals surface area contributed by atoms with Crippen molar-refractivity contribution in [3.63, 3.8) is 0 Å². The van der Waals surface area contributed by atoms with E-state index >= 15 is 0 Å². The number of halogens is 1. The number of anilines is 1. The smallest absolute Gasteiger partial charge is 0.259 e. The molecule has 2 amide bonds. The molecule has 2 aromatic carbocycles. The van der Waals surface area contributed by atoms with E-state index in [9.17, 15) is 22.4 Å². The fourth-order valence-corrected chi connectivity index (χ4v) is 5.62. The Morgan fingerprint density at radius 2 is 1.74 bits per heavy atom. The fraction of sp³-hybridized carbons (Fsp3) is 0.100. The number of carbonyl (C=O) groups excluding carboxylic acids is 2. The Labute approximate surface area is 181 Å². The maximum atomic E-state index is 13.9. The molecule has 31 heavy (non-hydrogen) atoms. The second kappa shape index (κ2) is 8.74. The number of benzene rings is 2. The number of nitrogens with one attached hydrogen (secondary N) is 1. The van der Waals surface area contributed by atoms with Gasteiger partial charge in [-0.25, -0.2) is 12.8 Å². The molecule has 0 radical (unpaired) electrons. The van der Waals surface area contributed by atoms with Gasteiger partial charge < -0.3 is 20.5 Å². The Hall–Kier alpha value is -3.44. The van der Waals surface area contributed by atoms with Crippen LogP contribution >= 0.6 is 11.3 Å². The first-order valence-electron chi connectivity index (χ1n) is 8.65. The highest BCUT2D eigenvalue weighted by molar-refractivity contribution is 7.93. The number of carbonyl (C=O) groups is 2. The second-order valence-electron chi connectivity index (χ2n) is 6.13. The zero-order valence-corrected chi connectivity index (χ0v) is 18.0. The molecule has 11 heteroatoms. The number of hydrogen-bond acceptors (Lipinski definition) is 7.